The van der Waals surface area contributed by atoms with Crippen LogP contribution in [0.25, 0.3) is 0 Å². The summed E-state index contributed by atoms with van der Waals surface area (Å²) in [7, 11) is 0. The minimum absolute atomic E-state index is 0.157. The summed E-state index contributed by atoms with van der Waals surface area (Å²) < 4.78 is 5.64. The fourth-order valence-corrected chi connectivity index (χ4v) is 2.90. The third-order valence-corrected chi connectivity index (χ3v) is 4.90. The van der Waals surface area contributed by atoms with Crippen LogP contribution in [-0.4, -0.2) is 35.9 Å². The standard InChI is InChI=1S/C23H29ClN2O3/c1-16(2)13-25-23(28)18(4)26(14-19-7-5-6-8-21(19)24)22(27)15-29-20-11-9-17(3)10-12-20/h5-12,16,18H,13-15H2,1-4H3,(H,25,28)/t18-/m1/s1. The Labute approximate surface area is 178 Å². The number of carbonyl (C=O) groups is 2. The van der Waals surface area contributed by atoms with E-state index in [0.717, 1.165) is 11.1 Å². The van der Waals surface area contributed by atoms with Gasteiger partial charge in [-0.1, -0.05) is 61.3 Å². The van der Waals surface area contributed by atoms with Crippen molar-refractivity contribution in [2.24, 2.45) is 5.92 Å². The summed E-state index contributed by atoms with van der Waals surface area (Å²) in [6.45, 7) is 8.37. The Morgan fingerprint density at radius 1 is 1.07 bits per heavy atom. The van der Waals surface area contributed by atoms with Crippen molar-refractivity contribution in [1.82, 2.24) is 10.2 Å². The number of benzene rings is 2. The number of hydrogen-bond acceptors (Lipinski definition) is 3. The zero-order valence-corrected chi connectivity index (χ0v) is 18.2. The molecule has 0 aliphatic carbocycles. The van der Waals surface area contributed by atoms with E-state index in [1.54, 1.807) is 13.0 Å². The predicted octanol–water partition coefficient (Wildman–Crippen LogP) is 4.22. The SMILES string of the molecule is Cc1ccc(OCC(=O)N(Cc2ccccc2Cl)[C@H](C)C(=O)NCC(C)C)cc1. The molecule has 2 aromatic carbocycles. The summed E-state index contributed by atoms with van der Waals surface area (Å²) in [6.07, 6.45) is 0. The molecular formula is C23H29ClN2O3. The minimum Gasteiger partial charge on any atom is -0.484 e. The van der Waals surface area contributed by atoms with Gasteiger partial charge in [0.25, 0.3) is 5.91 Å². The number of nitrogens with zero attached hydrogens (tertiary/aromatic N) is 1. The van der Waals surface area contributed by atoms with E-state index in [2.05, 4.69) is 5.32 Å². The average Bonchev–Trinajstić information content (AvgIpc) is 2.70. The maximum absolute atomic E-state index is 13.0. The quantitative estimate of drug-likeness (QED) is 0.665. The van der Waals surface area contributed by atoms with Gasteiger partial charge >= 0.3 is 0 Å². The summed E-state index contributed by atoms with van der Waals surface area (Å²) in [5, 5.41) is 3.45. The van der Waals surface area contributed by atoms with Crippen LogP contribution in [0.5, 0.6) is 5.75 Å². The Bertz CT molecular complexity index is 821. The Kier molecular flexibility index (Phi) is 8.52. The molecule has 0 aromatic heterocycles. The summed E-state index contributed by atoms with van der Waals surface area (Å²) in [6, 6.07) is 14.1. The van der Waals surface area contributed by atoms with Crippen LogP contribution in [0.1, 0.15) is 31.9 Å². The lowest BCUT2D eigenvalue weighted by Gasteiger charge is -2.29. The van der Waals surface area contributed by atoms with Gasteiger partial charge in [-0.2, -0.15) is 0 Å². The molecule has 0 unspecified atom stereocenters. The first-order valence-corrected chi connectivity index (χ1v) is 10.2. The molecule has 0 aliphatic heterocycles. The maximum atomic E-state index is 13.0. The van der Waals surface area contributed by atoms with Crippen LogP contribution in [-0.2, 0) is 16.1 Å². The Morgan fingerprint density at radius 2 is 1.72 bits per heavy atom. The van der Waals surface area contributed by atoms with Crippen molar-refractivity contribution in [1.29, 1.82) is 0 Å². The number of nitrogens with one attached hydrogen (secondary N) is 1. The lowest BCUT2D eigenvalue weighted by molar-refractivity contribution is -0.142. The van der Waals surface area contributed by atoms with Crippen LogP contribution in [0.4, 0.5) is 0 Å². The number of hydrogen-bond donors (Lipinski definition) is 1. The van der Waals surface area contributed by atoms with Gasteiger partial charge in [0.2, 0.25) is 5.91 Å². The highest BCUT2D eigenvalue weighted by Gasteiger charge is 2.27. The smallest absolute Gasteiger partial charge is 0.261 e. The van der Waals surface area contributed by atoms with E-state index < -0.39 is 6.04 Å². The third kappa shape index (κ3) is 7.09. The Balaban J connectivity index is 2.13. The Morgan fingerprint density at radius 3 is 2.34 bits per heavy atom. The van der Waals surface area contributed by atoms with Crippen LogP contribution in [0.15, 0.2) is 48.5 Å². The lowest BCUT2D eigenvalue weighted by Crippen LogP contribution is -2.49. The Hall–Kier alpha value is -2.53. The van der Waals surface area contributed by atoms with E-state index in [4.69, 9.17) is 16.3 Å². The maximum Gasteiger partial charge on any atom is 0.261 e. The van der Waals surface area contributed by atoms with Crippen molar-refractivity contribution in [2.75, 3.05) is 13.2 Å². The van der Waals surface area contributed by atoms with Crippen molar-refractivity contribution in [3.63, 3.8) is 0 Å². The van der Waals surface area contributed by atoms with E-state index in [-0.39, 0.29) is 25.0 Å². The molecule has 0 saturated heterocycles. The second-order valence-electron chi connectivity index (χ2n) is 7.53. The zero-order chi connectivity index (χ0) is 21.4. The average molecular weight is 417 g/mol. The number of ether oxygens (including phenoxy) is 1. The molecule has 0 saturated carbocycles. The molecule has 0 aliphatic rings. The van der Waals surface area contributed by atoms with Gasteiger partial charge in [-0.05, 0) is 43.5 Å². The van der Waals surface area contributed by atoms with Crippen molar-refractivity contribution in [3.05, 3.63) is 64.7 Å². The molecule has 2 rings (SSSR count). The molecule has 0 spiro atoms. The fraction of sp³-hybridized carbons (Fsp3) is 0.391. The van der Waals surface area contributed by atoms with Crippen LogP contribution >= 0.6 is 11.6 Å². The molecule has 0 bridgehead atoms. The van der Waals surface area contributed by atoms with Crippen molar-refractivity contribution in [2.45, 2.75) is 40.3 Å². The number of aryl methyl sites for hydroxylation is 1. The highest BCUT2D eigenvalue weighted by atomic mass is 35.5. The van der Waals surface area contributed by atoms with Gasteiger partial charge in [-0.3, -0.25) is 9.59 Å². The summed E-state index contributed by atoms with van der Waals surface area (Å²) in [5.41, 5.74) is 1.89. The predicted molar refractivity (Wildman–Crippen MR) is 116 cm³/mol. The third-order valence-electron chi connectivity index (χ3n) is 4.53. The second-order valence-corrected chi connectivity index (χ2v) is 7.94. The highest BCUT2D eigenvalue weighted by Crippen LogP contribution is 2.19. The first-order chi connectivity index (χ1) is 13.8. The number of rotatable bonds is 9. The number of halogens is 1. The first kappa shape index (κ1) is 22.8. The number of carbonyl (C=O) groups excluding carboxylic acids is 2. The molecule has 2 amide bonds. The highest BCUT2D eigenvalue weighted by molar-refractivity contribution is 6.31. The topological polar surface area (TPSA) is 58.6 Å². The summed E-state index contributed by atoms with van der Waals surface area (Å²) in [4.78, 5) is 27.1. The largest absolute Gasteiger partial charge is 0.484 e. The van der Waals surface area contributed by atoms with Gasteiger partial charge in [-0.25, -0.2) is 0 Å². The first-order valence-electron chi connectivity index (χ1n) is 9.78. The molecule has 29 heavy (non-hydrogen) atoms. The van der Waals surface area contributed by atoms with Gasteiger partial charge in [0.05, 0.1) is 0 Å². The van der Waals surface area contributed by atoms with Crippen LogP contribution in [0.2, 0.25) is 5.02 Å². The summed E-state index contributed by atoms with van der Waals surface area (Å²) in [5.74, 6) is 0.453. The molecule has 0 radical (unpaired) electrons. The van der Waals surface area contributed by atoms with E-state index in [1.165, 1.54) is 4.90 Å². The van der Waals surface area contributed by atoms with Crippen molar-refractivity contribution in [3.8, 4) is 5.75 Å². The zero-order valence-electron chi connectivity index (χ0n) is 17.4. The molecule has 5 nitrogen and oxygen atoms in total. The molecule has 0 heterocycles. The molecule has 1 N–H and O–H groups in total. The van der Waals surface area contributed by atoms with E-state index in [0.29, 0.717) is 23.2 Å². The van der Waals surface area contributed by atoms with Gasteiger partial charge in [0.15, 0.2) is 6.61 Å². The van der Waals surface area contributed by atoms with E-state index in [9.17, 15) is 9.59 Å². The van der Waals surface area contributed by atoms with Crippen molar-refractivity contribution >= 4 is 23.4 Å². The van der Waals surface area contributed by atoms with Gasteiger partial charge in [0, 0.05) is 18.1 Å². The van der Waals surface area contributed by atoms with Gasteiger partial charge in [-0.15, -0.1) is 0 Å². The minimum atomic E-state index is -0.654. The van der Waals surface area contributed by atoms with E-state index in [1.807, 2.05) is 63.2 Å². The molecule has 0 fully saturated rings. The monoisotopic (exact) mass is 416 g/mol. The molecular weight excluding hydrogens is 388 g/mol. The van der Waals surface area contributed by atoms with Crippen LogP contribution in [0.3, 0.4) is 0 Å². The van der Waals surface area contributed by atoms with Crippen LogP contribution in [0, 0.1) is 12.8 Å². The van der Waals surface area contributed by atoms with Gasteiger partial charge in [0.1, 0.15) is 11.8 Å². The molecule has 156 valence electrons. The lowest BCUT2D eigenvalue weighted by atomic mass is 10.1. The molecule has 6 heteroatoms. The normalized spacial score (nSPS) is 11.8. The van der Waals surface area contributed by atoms with Gasteiger partial charge < -0.3 is 15.0 Å². The van der Waals surface area contributed by atoms with Crippen molar-refractivity contribution < 1.29 is 14.3 Å². The fourth-order valence-electron chi connectivity index (χ4n) is 2.71. The van der Waals surface area contributed by atoms with E-state index >= 15 is 0 Å². The molecule has 2 aromatic rings. The second kappa shape index (κ2) is 10.9. The summed E-state index contributed by atoms with van der Waals surface area (Å²) >= 11 is 6.28. The molecule has 1 atom stereocenters. The van der Waals surface area contributed by atoms with Crippen LogP contribution < -0.4 is 10.1 Å². The number of amides is 2.